The molecule has 1 saturated heterocycles. The molecule has 21 heavy (non-hydrogen) atoms. The number of aromatic nitrogens is 2. The molecule has 0 unspecified atom stereocenters. The maximum absolute atomic E-state index is 11.1. The van der Waals surface area contributed by atoms with Crippen LogP contribution in [0, 0.1) is 0 Å². The third-order valence-corrected chi connectivity index (χ3v) is 4.56. The van der Waals surface area contributed by atoms with E-state index < -0.39 is 5.97 Å². The Balaban J connectivity index is 1.51. The van der Waals surface area contributed by atoms with Crippen molar-refractivity contribution in [2.45, 2.75) is 31.7 Å². The topological polar surface area (TPSA) is 79.5 Å². The Kier molecular flexibility index (Phi) is 4.31. The second-order valence-corrected chi connectivity index (χ2v) is 6.07. The first kappa shape index (κ1) is 14.2. The molecule has 0 bridgehead atoms. The minimum Gasteiger partial charge on any atom is -0.480 e. The zero-order valence-corrected chi connectivity index (χ0v) is 12.4. The number of nitrogens with zero attached hydrogens (tertiary/aromatic N) is 3. The van der Waals surface area contributed by atoms with Crippen molar-refractivity contribution < 1.29 is 14.4 Å². The first-order chi connectivity index (χ1) is 10.2. The van der Waals surface area contributed by atoms with E-state index in [1.807, 2.05) is 22.4 Å². The highest BCUT2D eigenvalue weighted by Crippen LogP contribution is 2.22. The number of carboxylic acids is 1. The van der Waals surface area contributed by atoms with Gasteiger partial charge in [0.15, 0.2) is 0 Å². The number of hydrogen-bond donors (Lipinski definition) is 1. The summed E-state index contributed by atoms with van der Waals surface area (Å²) in [7, 11) is 0. The van der Waals surface area contributed by atoms with E-state index in [-0.39, 0.29) is 6.04 Å². The maximum atomic E-state index is 11.1. The van der Waals surface area contributed by atoms with E-state index in [1.165, 1.54) is 0 Å². The van der Waals surface area contributed by atoms with Crippen LogP contribution < -0.4 is 0 Å². The van der Waals surface area contributed by atoms with Gasteiger partial charge in [0.05, 0.1) is 4.88 Å². The molecule has 1 N–H and O–H groups in total. The summed E-state index contributed by atoms with van der Waals surface area (Å²) in [6.07, 6.45) is 3.22. The predicted octanol–water partition coefficient (Wildman–Crippen LogP) is 2.28. The fraction of sp³-hybridized carbons (Fsp3) is 0.500. The van der Waals surface area contributed by atoms with Gasteiger partial charge in [0.1, 0.15) is 6.04 Å². The number of likely N-dealkylation sites (tertiary alicyclic amines) is 1. The highest BCUT2D eigenvalue weighted by Gasteiger charge is 2.29. The molecule has 7 heteroatoms. The molecule has 0 amide bonds. The molecule has 0 aromatic carbocycles. The summed E-state index contributed by atoms with van der Waals surface area (Å²) in [5.41, 5.74) is 0. The smallest absolute Gasteiger partial charge is 0.320 e. The van der Waals surface area contributed by atoms with E-state index in [2.05, 4.69) is 10.1 Å². The number of hydrogen-bond acceptors (Lipinski definition) is 6. The van der Waals surface area contributed by atoms with Crippen molar-refractivity contribution in [1.82, 2.24) is 15.0 Å². The van der Waals surface area contributed by atoms with Crippen LogP contribution in [0.15, 0.2) is 22.0 Å². The van der Waals surface area contributed by atoms with Crippen molar-refractivity contribution in [2.24, 2.45) is 0 Å². The number of aryl methyl sites for hydroxylation is 1. The lowest BCUT2D eigenvalue weighted by Gasteiger charge is -2.20. The molecule has 1 atom stereocenters. The summed E-state index contributed by atoms with van der Waals surface area (Å²) in [5, 5.41) is 15.1. The van der Waals surface area contributed by atoms with E-state index in [1.54, 1.807) is 11.3 Å². The van der Waals surface area contributed by atoms with Gasteiger partial charge in [0.2, 0.25) is 11.7 Å². The molecule has 0 radical (unpaired) electrons. The van der Waals surface area contributed by atoms with Crippen LogP contribution in [0.4, 0.5) is 0 Å². The lowest BCUT2D eigenvalue weighted by Crippen LogP contribution is -2.36. The summed E-state index contributed by atoms with van der Waals surface area (Å²) in [5.74, 6) is 0.527. The average Bonchev–Trinajstić information content (AvgIpc) is 3.20. The summed E-state index contributed by atoms with van der Waals surface area (Å²) in [4.78, 5) is 18.5. The summed E-state index contributed by atoms with van der Waals surface area (Å²) >= 11 is 1.58. The van der Waals surface area contributed by atoms with E-state index in [4.69, 9.17) is 9.63 Å². The molecule has 2 aromatic rings. The van der Waals surface area contributed by atoms with Gasteiger partial charge in [-0.2, -0.15) is 4.98 Å². The number of rotatable bonds is 6. The first-order valence-corrected chi connectivity index (χ1v) is 7.95. The molecule has 0 spiro atoms. The Labute approximate surface area is 126 Å². The SMILES string of the molecule is O=C(O)[C@H]1CCCN1CCCc1nc(-c2cccs2)no1. The Morgan fingerprint density at radius 3 is 3.24 bits per heavy atom. The zero-order valence-electron chi connectivity index (χ0n) is 11.6. The van der Waals surface area contributed by atoms with E-state index in [9.17, 15) is 4.79 Å². The van der Waals surface area contributed by atoms with Crippen molar-refractivity contribution in [3.8, 4) is 10.7 Å². The van der Waals surface area contributed by atoms with Crippen molar-refractivity contribution >= 4 is 17.3 Å². The third-order valence-electron chi connectivity index (χ3n) is 3.69. The molecular formula is C14H17N3O3S. The molecule has 2 aromatic heterocycles. The minimum absolute atomic E-state index is 0.325. The van der Waals surface area contributed by atoms with Gasteiger partial charge < -0.3 is 9.63 Å². The Hall–Kier alpha value is -1.73. The van der Waals surface area contributed by atoms with Crippen molar-refractivity contribution in [2.75, 3.05) is 13.1 Å². The van der Waals surface area contributed by atoms with Crippen LogP contribution in [-0.4, -0.2) is 45.2 Å². The molecule has 3 rings (SSSR count). The van der Waals surface area contributed by atoms with Gasteiger partial charge >= 0.3 is 5.97 Å². The lowest BCUT2D eigenvalue weighted by molar-refractivity contribution is -0.142. The van der Waals surface area contributed by atoms with E-state index in [0.29, 0.717) is 18.1 Å². The normalized spacial score (nSPS) is 19.1. The van der Waals surface area contributed by atoms with Crippen molar-refractivity contribution in [3.05, 3.63) is 23.4 Å². The maximum Gasteiger partial charge on any atom is 0.320 e. The quantitative estimate of drug-likeness (QED) is 0.882. The molecular weight excluding hydrogens is 290 g/mol. The largest absolute Gasteiger partial charge is 0.480 e. The lowest BCUT2D eigenvalue weighted by atomic mass is 10.2. The highest BCUT2D eigenvalue weighted by molar-refractivity contribution is 7.13. The average molecular weight is 307 g/mol. The number of aliphatic carboxylic acids is 1. The molecule has 1 aliphatic heterocycles. The highest BCUT2D eigenvalue weighted by atomic mass is 32.1. The Bertz CT molecular complexity index is 596. The predicted molar refractivity (Wildman–Crippen MR) is 78.2 cm³/mol. The van der Waals surface area contributed by atoms with Crippen LogP contribution >= 0.6 is 11.3 Å². The number of carboxylic acid groups (broad SMARTS) is 1. The molecule has 1 fully saturated rings. The van der Waals surface area contributed by atoms with Crippen molar-refractivity contribution in [3.63, 3.8) is 0 Å². The standard InChI is InChI=1S/C14H17N3O3S/c18-14(19)10-4-1-7-17(10)8-2-6-12-15-13(16-20-12)11-5-3-9-21-11/h3,5,9-10H,1-2,4,6-8H2,(H,18,19)/t10-/m1/s1. The fourth-order valence-corrected chi connectivity index (χ4v) is 3.32. The van der Waals surface area contributed by atoms with Crippen LogP contribution in [0.5, 0.6) is 0 Å². The van der Waals surface area contributed by atoms with Crippen LogP contribution in [0.25, 0.3) is 10.7 Å². The second-order valence-electron chi connectivity index (χ2n) is 5.12. The van der Waals surface area contributed by atoms with Crippen molar-refractivity contribution in [1.29, 1.82) is 0 Å². The Morgan fingerprint density at radius 1 is 1.57 bits per heavy atom. The summed E-state index contributed by atoms with van der Waals surface area (Å²) < 4.78 is 5.24. The van der Waals surface area contributed by atoms with Gasteiger partial charge in [-0.05, 0) is 43.8 Å². The van der Waals surface area contributed by atoms with E-state index in [0.717, 1.165) is 37.2 Å². The molecule has 0 saturated carbocycles. The molecule has 0 aliphatic carbocycles. The molecule has 112 valence electrons. The van der Waals surface area contributed by atoms with Gasteiger partial charge in [-0.15, -0.1) is 11.3 Å². The molecule has 1 aliphatic rings. The number of thiophene rings is 1. The monoisotopic (exact) mass is 307 g/mol. The summed E-state index contributed by atoms with van der Waals surface area (Å²) in [6, 6.07) is 3.59. The van der Waals surface area contributed by atoms with Gasteiger partial charge in [-0.3, -0.25) is 9.69 Å². The van der Waals surface area contributed by atoms with Gasteiger partial charge in [0, 0.05) is 6.42 Å². The zero-order chi connectivity index (χ0) is 14.7. The van der Waals surface area contributed by atoms with Gasteiger partial charge in [-0.1, -0.05) is 11.2 Å². The second kappa shape index (κ2) is 6.36. The van der Waals surface area contributed by atoms with Crippen LogP contribution in [0.2, 0.25) is 0 Å². The Morgan fingerprint density at radius 2 is 2.48 bits per heavy atom. The first-order valence-electron chi connectivity index (χ1n) is 7.07. The molecule has 3 heterocycles. The van der Waals surface area contributed by atoms with Crippen LogP contribution in [0.1, 0.15) is 25.2 Å². The molecule has 6 nitrogen and oxygen atoms in total. The third kappa shape index (κ3) is 3.30. The van der Waals surface area contributed by atoms with Gasteiger partial charge in [0.25, 0.3) is 0 Å². The van der Waals surface area contributed by atoms with Crippen LogP contribution in [0.3, 0.4) is 0 Å². The van der Waals surface area contributed by atoms with E-state index >= 15 is 0 Å². The number of carbonyl (C=O) groups is 1. The fourth-order valence-electron chi connectivity index (χ4n) is 2.67. The minimum atomic E-state index is -0.717. The van der Waals surface area contributed by atoms with Gasteiger partial charge in [-0.25, -0.2) is 0 Å². The summed E-state index contributed by atoms with van der Waals surface area (Å²) in [6.45, 7) is 1.62. The van der Waals surface area contributed by atoms with Crippen LogP contribution in [-0.2, 0) is 11.2 Å².